The van der Waals surface area contributed by atoms with Crippen molar-refractivity contribution < 1.29 is 23.2 Å². The number of nitrogens with zero attached hydrogens (tertiary/aromatic N) is 1. The fourth-order valence-electron chi connectivity index (χ4n) is 0.840. The highest BCUT2D eigenvalue weighted by molar-refractivity contribution is 6.31. The van der Waals surface area contributed by atoms with Crippen LogP contribution in [-0.4, -0.2) is 17.3 Å². The minimum absolute atomic E-state index is 0.445. The quantitative estimate of drug-likeness (QED) is 0.342. The molecule has 0 aliphatic carbocycles. The number of oxime groups is 1. The number of rotatable bonds is 2. The maximum absolute atomic E-state index is 12.9. The minimum Gasteiger partial charge on any atom is -0.411 e. The van der Waals surface area contributed by atoms with E-state index < -0.39 is 29.0 Å². The second kappa shape index (κ2) is 4.45. The molecule has 0 spiro atoms. The number of anilines is 1. The number of amides is 1. The van der Waals surface area contributed by atoms with Crippen LogP contribution in [0.2, 0.25) is 0 Å². The third-order valence-electron chi connectivity index (χ3n) is 1.47. The number of nitrogens with one attached hydrogen (secondary N) is 1. The van der Waals surface area contributed by atoms with Crippen LogP contribution in [0.4, 0.5) is 18.9 Å². The summed E-state index contributed by atoms with van der Waals surface area (Å²) in [5.74, 6) is -5.54. The largest absolute Gasteiger partial charge is 0.411 e. The molecule has 1 aromatic carbocycles. The first-order valence-corrected chi connectivity index (χ1v) is 3.68. The summed E-state index contributed by atoms with van der Waals surface area (Å²) < 4.78 is 38.0. The van der Waals surface area contributed by atoms with Gasteiger partial charge >= 0.3 is 0 Å². The van der Waals surface area contributed by atoms with Crippen LogP contribution < -0.4 is 5.32 Å². The highest BCUT2D eigenvalue weighted by Gasteiger charge is 2.14. The smallest absolute Gasteiger partial charge is 0.270 e. The van der Waals surface area contributed by atoms with Crippen molar-refractivity contribution in [1.82, 2.24) is 0 Å². The van der Waals surface area contributed by atoms with Gasteiger partial charge in [0.2, 0.25) is 0 Å². The van der Waals surface area contributed by atoms with Gasteiger partial charge in [-0.1, -0.05) is 5.16 Å². The molecule has 0 saturated heterocycles. The number of carbonyl (C=O) groups excluding carboxylic acids is 1. The maximum Gasteiger partial charge on any atom is 0.270 e. The Balaban J connectivity index is 2.97. The van der Waals surface area contributed by atoms with Crippen molar-refractivity contribution in [2.45, 2.75) is 0 Å². The Labute approximate surface area is 82.0 Å². The zero-order valence-corrected chi connectivity index (χ0v) is 7.17. The Morgan fingerprint density at radius 3 is 2.60 bits per heavy atom. The van der Waals surface area contributed by atoms with E-state index >= 15 is 0 Å². The molecular weight excluding hydrogens is 213 g/mol. The molecule has 4 nitrogen and oxygen atoms in total. The highest BCUT2D eigenvalue weighted by atomic mass is 19.2. The van der Waals surface area contributed by atoms with Gasteiger partial charge in [0.15, 0.2) is 17.5 Å². The van der Waals surface area contributed by atoms with Crippen LogP contribution in [0.5, 0.6) is 0 Å². The molecule has 0 aliphatic rings. The van der Waals surface area contributed by atoms with E-state index in [4.69, 9.17) is 5.21 Å². The summed E-state index contributed by atoms with van der Waals surface area (Å²) in [7, 11) is 0. The van der Waals surface area contributed by atoms with Gasteiger partial charge in [0.1, 0.15) is 6.21 Å². The van der Waals surface area contributed by atoms with Crippen molar-refractivity contribution in [3.63, 3.8) is 0 Å². The average Bonchev–Trinajstić information content (AvgIpc) is 2.20. The van der Waals surface area contributed by atoms with Crippen LogP contribution in [-0.2, 0) is 4.79 Å². The van der Waals surface area contributed by atoms with E-state index in [1.165, 1.54) is 0 Å². The monoisotopic (exact) mass is 218 g/mol. The van der Waals surface area contributed by atoms with E-state index in [-0.39, 0.29) is 0 Å². The normalized spacial score (nSPS) is 10.6. The van der Waals surface area contributed by atoms with Gasteiger partial charge in [-0.05, 0) is 12.1 Å². The fourth-order valence-corrected chi connectivity index (χ4v) is 0.840. The van der Waals surface area contributed by atoms with Crippen LogP contribution in [0.15, 0.2) is 17.3 Å². The van der Waals surface area contributed by atoms with Crippen molar-refractivity contribution in [1.29, 1.82) is 0 Å². The van der Waals surface area contributed by atoms with Crippen molar-refractivity contribution in [2.24, 2.45) is 5.16 Å². The first-order chi connectivity index (χ1) is 7.06. The first-order valence-electron chi connectivity index (χ1n) is 3.68. The Bertz CT molecular complexity index is 421. The van der Waals surface area contributed by atoms with E-state index in [9.17, 15) is 18.0 Å². The fraction of sp³-hybridized carbons (Fsp3) is 0. The molecule has 0 unspecified atom stereocenters. The average molecular weight is 218 g/mol. The van der Waals surface area contributed by atoms with Gasteiger partial charge in [0.25, 0.3) is 5.91 Å². The molecular formula is C8H5F3N2O2. The molecule has 1 amide bonds. The molecule has 0 atom stereocenters. The molecule has 0 radical (unpaired) electrons. The van der Waals surface area contributed by atoms with E-state index in [2.05, 4.69) is 5.16 Å². The molecule has 0 aromatic heterocycles. The predicted octanol–water partition coefficient (Wildman–Crippen LogP) is 1.50. The lowest BCUT2D eigenvalue weighted by Gasteiger charge is -2.03. The lowest BCUT2D eigenvalue weighted by molar-refractivity contribution is -0.110. The molecule has 0 fully saturated rings. The molecule has 1 aromatic rings. The third-order valence-corrected chi connectivity index (χ3v) is 1.47. The van der Waals surface area contributed by atoms with Crippen LogP contribution >= 0.6 is 0 Å². The van der Waals surface area contributed by atoms with Crippen molar-refractivity contribution >= 4 is 17.8 Å². The van der Waals surface area contributed by atoms with Crippen LogP contribution in [0.1, 0.15) is 0 Å². The lowest BCUT2D eigenvalue weighted by Crippen LogP contribution is -2.14. The van der Waals surface area contributed by atoms with Gasteiger partial charge < -0.3 is 10.5 Å². The first kappa shape index (κ1) is 11.0. The Kier molecular flexibility index (Phi) is 3.27. The molecule has 15 heavy (non-hydrogen) atoms. The van der Waals surface area contributed by atoms with Crippen LogP contribution in [0.25, 0.3) is 0 Å². The van der Waals surface area contributed by atoms with Gasteiger partial charge in [0.05, 0.1) is 5.69 Å². The van der Waals surface area contributed by atoms with Crippen LogP contribution in [0, 0.1) is 17.5 Å². The Morgan fingerprint density at radius 1 is 1.33 bits per heavy atom. The van der Waals surface area contributed by atoms with E-state index in [0.717, 1.165) is 6.07 Å². The summed E-state index contributed by atoms with van der Waals surface area (Å²) in [5.41, 5.74) is -0.543. The summed E-state index contributed by atoms with van der Waals surface area (Å²) in [4.78, 5) is 10.8. The lowest BCUT2D eigenvalue weighted by atomic mass is 10.3. The number of hydrogen-bond acceptors (Lipinski definition) is 3. The van der Waals surface area contributed by atoms with Crippen molar-refractivity contribution in [2.75, 3.05) is 5.32 Å². The van der Waals surface area contributed by atoms with Crippen LogP contribution in [0.3, 0.4) is 0 Å². The van der Waals surface area contributed by atoms with E-state index in [0.29, 0.717) is 12.3 Å². The van der Waals surface area contributed by atoms with Gasteiger partial charge in [-0.15, -0.1) is 0 Å². The number of halogens is 3. The zero-order valence-electron chi connectivity index (χ0n) is 7.17. The second-order valence-electron chi connectivity index (χ2n) is 2.46. The Morgan fingerprint density at radius 2 is 2.00 bits per heavy atom. The van der Waals surface area contributed by atoms with Crippen molar-refractivity contribution in [3.05, 3.63) is 29.6 Å². The molecule has 7 heteroatoms. The number of carbonyl (C=O) groups is 1. The molecule has 0 saturated carbocycles. The van der Waals surface area contributed by atoms with Gasteiger partial charge in [-0.2, -0.15) is 0 Å². The molecule has 80 valence electrons. The third kappa shape index (κ3) is 2.46. The molecule has 1 rings (SSSR count). The number of benzene rings is 1. The summed E-state index contributed by atoms with van der Waals surface area (Å²) in [5, 5.41) is 12.2. The minimum atomic E-state index is -1.69. The van der Waals surface area contributed by atoms with Gasteiger partial charge in [-0.3, -0.25) is 4.79 Å². The molecule has 2 N–H and O–H groups in total. The SMILES string of the molecule is O=C(C=NO)Nc1ccc(F)c(F)c1F. The molecule has 0 bridgehead atoms. The van der Waals surface area contributed by atoms with E-state index in [1.807, 2.05) is 5.32 Å². The number of hydrogen-bond donors (Lipinski definition) is 2. The summed E-state index contributed by atoms with van der Waals surface area (Å²) >= 11 is 0. The van der Waals surface area contributed by atoms with Crippen molar-refractivity contribution in [3.8, 4) is 0 Å². The molecule has 0 aliphatic heterocycles. The predicted molar refractivity (Wildman–Crippen MR) is 45.2 cm³/mol. The zero-order chi connectivity index (χ0) is 11.4. The topological polar surface area (TPSA) is 61.7 Å². The van der Waals surface area contributed by atoms with Gasteiger partial charge in [-0.25, -0.2) is 13.2 Å². The molecule has 0 heterocycles. The summed E-state index contributed by atoms with van der Waals surface area (Å²) in [6.45, 7) is 0. The van der Waals surface area contributed by atoms with E-state index in [1.54, 1.807) is 0 Å². The summed E-state index contributed by atoms with van der Waals surface area (Å²) in [6.07, 6.45) is 0.445. The summed E-state index contributed by atoms with van der Waals surface area (Å²) in [6, 6.07) is 1.50. The highest BCUT2D eigenvalue weighted by Crippen LogP contribution is 2.19. The second-order valence-corrected chi connectivity index (χ2v) is 2.46. The Hall–Kier alpha value is -2.05. The maximum atomic E-state index is 12.9. The standard InChI is InChI=1S/C8H5F3N2O2/c9-4-1-2-5(8(11)7(4)10)13-6(14)3-12-15/h1-3,15H,(H,13,14). The van der Waals surface area contributed by atoms with Gasteiger partial charge in [0, 0.05) is 0 Å².